The molecule has 3 rings (SSSR count). The smallest absolute Gasteiger partial charge is 0.158 e. The Kier molecular flexibility index (Phi) is 2.70. The lowest BCUT2D eigenvalue weighted by Gasteiger charge is -2.51. The van der Waals surface area contributed by atoms with Gasteiger partial charge in [-0.25, -0.2) is 0 Å². The van der Waals surface area contributed by atoms with E-state index in [2.05, 4.69) is 27.7 Å². The Morgan fingerprint density at radius 2 is 1.94 bits per heavy atom. The summed E-state index contributed by atoms with van der Waals surface area (Å²) in [6.45, 7) is 9.14. The molecule has 5 atom stereocenters. The summed E-state index contributed by atoms with van der Waals surface area (Å²) in [7, 11) is 0. The van der Waals surface area contributed by atoms with E-state index in [1.54, 1.807) is 0 Å². The molecule has 1 heterocycles. The Hall–Kier alpha value is -0.340. The summed E-state index contributed by atoms with van der Waals surface area (Å²) in [5.74, 6) is 0.245. The largest absolute Gasteiger partial charge is 0.368 e. The van der Waals surface area contributed by atoms with Gasteiger partial charge in [-0.2, -0.15) is 0 Å². The van der Waals surface area contributed by atoms with Gasteiger partial charge in [0.25, 0.3) is 0 Å². The fourth-order valence-corrected chi connectivity index (χ4v) is 4.61. The zero-order valence-electron chi connectivity index (χ0n) is 12.1. The first kappa shape index (κ1) is 12.7. The first-order valence-corrected chi connectivity index (χ1v) is 7.42. The van der Waals surface area contributed by atoms with E-state index in [-0.39, 0.29) is 17.4 Å². The Morgan fingerprint density at radius 3 is 2.67 bits per heavy atom. The normalized spacial score (nSPS) is 52.2. The van der Waals surface area contributed by atoms with E-state index in [9.17, 15) is 5.11 Å². The van der Waals surface area contributed by atoms with Crippen LogP contribution in [0.25, 0.3) is 0 Å². The van der Waals surface area contributed by atoms with E-state index in [4.69, 9.17) is 4.74 Å². The maximum absolute atomic E-state index is 10.1. The summed E-state index contributed by atoms with van der Waals surface area (Å²) < 4.78 is 5.98. The van der Waals surface area contributed by atoms with E-state index < -0.39 is 6.29 Å². The molecule has 2 fully saturated rings. The third-order valence-corrected chi connectivity index (χ3v) is 6.21. The van der Waals surface area contributed by atoms with Gasteiger partial charge in [-0.1, -0.05) is 26.3 Å². The van der Waals surface area contributed by atoms with Crippen molar-refractivity contribution >= 4 is 0 Å². The minimum atomic E-state index is -0.579. The number of rotatable bonds is 0. The number of ether oxygens (including phenoxy) is 1. The number of hydrogen-bond donors (Lipinski definition) is 1. The SMILES string of the molecule is CC1=C2[C@@H]3OC(O)[C@H](C)C3(C)CC[C@@]2(C)CCC1. The lowest BCUT2D eigenvalue weighted by molar-refractivity contribution is -0.103. The molecule has 2 aliphatic carbocycles. The molecule has 2 unspecified atom stereocenters. The predicted molar refractivity (Wildman–Crippen MR) is 72.0 cm³/mol. The van der Waals surface area contributed by atoms with Gasteiger partial charge in [-0.3, -0.25) is 0 Å². The van der Waals surface area contributed by atoms with Crippen LogP contribution in [0.15, 0.2) is 11.1 Å². The summed E-state index contributed by atoms with van der Waals surface area (Å²) in [6, 6.07) is 0. The molecule has 0 aromatic rings. The van der Waals surface area contributed by atoms with Crippen LogP contribution in [0.1, 0.15) is 59.8 Å². The van der Waals surface area contributed by atoms with Crippen LogP contribution in [0.4, 0.5) is 0 Å². The van der Waals surface area contributed by atoms with Gasteiger partial charge in [0, 0.05) is 11.3 Å². The Balaban J connectivity index is 2.07. The minimum Gasteiger partial charge on any atom is -0.368 e. The van der Waals surface area contributed by atoms with Gasteiger partial charge in [-0.15, -0.1) is 0 Å². The van der Waals surface area contributed by atoms with Crippen molar-refractivity contribution in [2.75, 3.05) is 0 Å². The number of aliphatic hydroxyl groups is 1. The molecule has 1 aliphatic heterocycles. The molecular weight excluding hydrogens is 224 g/mol. The van der Waals surface area contributed by atoms with Crippen molar-refractivity contribution in [2.45, 2.75) is 72.2 Å². The fourth-order valence-electron chi connectivity index (χ4n) is 4.61. The number of allylic oxidation sites excluding steroid dienone is 1. The fraction of sp³-hybridized carbons (Fsp3) is 0.875. The molecule has 0 radical (unpaired) electrons. The Labute approximate surface area is 110 Å². The van der Waals surface area contributed by atoms with Crippen LogP contribution >= 0.6 is 0 Å². The van der Waals surface area contributed by atoms with Crippen molar-refractivity contribution in [3.05, 3.63) is 11.1 Å². The number of fused-ring (bicyclic) bond motifs is 3. The van der Waals surface area contributed by atoms with Gasteiger partial charge in [-0.05, 0) is 50.0 Å². The standard InChI is InChI=1S/C16H26O2/c1-10-6-5-7-15(3)8-9-16(4)11(2)14(17)18-13(16)12(10)15/h11,13-14,17H,5-9H2,1-4H3/t11-,13-,14?,15+,16?/m0/s1. The van der Waals surface area contributed by atoms with E-state index in [0.717, 1.165) is 0 Å². The lowest BCUT2D eigenvalue weighted by atomic mass is 9.54. The average Bonchev–Trinajstić information content (AvgIpc) is 2.53. The highest BCUT2D eigenvalue weighted by Crippen LogP contribution is 2.61. The van der Waals surface area contributed by atoms with Crippen LogP contribution in [0.3, 0.4) is 0 Å². The van der Waals surface area contributed by atoms with Crippen molar-refractivity contribution < 1.29 is 9.84 Å². The Bertz CT molecular complexity index is 400. The van der Waals surface area contributed by atoms with Crippen LogP contribution in [0, 0.1) is 16.7 Å². The van der Waals surface area contributed by atoms with Crippen LogP contribution in [0.5, 0.6) is 0 Å². The molecule has 2 nitrogen and oxygen atoms in total. The summed E-state index contributed by atoms with van der Waals surface area (Å²) >= 11 is 0. The van der Waals surface area contributed by atoms with Crippen molar-refractivity contribution in [2.24, 2.45) is 16.7 Å². The molecule has 0 amide bonds. The molecule has 0 aromatic carbocycles. The van der Waals surface area contributed by atoms with Crippen molar-refractivity contribution in [1.29, 1.82) is 0 Å². The molecule has 0 bridgehead atoms. The maximum atomic E-state index is 10.1. The molecule has 0 aromatic heterocycles. The van der Waals surface area contributed by atoms with Crippen molar-refractivity contribution in [1.82, 2.24) is 0 Å². The van der Waals surface area contributed by atoms with Crippen LogP contribution < -0.4 is 0 Å². The first-order chi connectivity index (χ1) is 8.38. The highest BCUT2D eigenvalue weighted by atomic mass is 16.6. The zero-order valence-corrected chi connectivity index (χ0v) is 12.1. The third kappa shape index (κ3) is 1.48. The van der Waals surface area contributed by atoms with Crippen LogP contribution in [-0.2, 0) is 4.74 Å². The highest BCUT2D eigenvalue weighted by molar-refractivity contribution is 5.33. The van der Waals surface area contributed by atoms with E-state index in [0.29, 0.717) is 5.41 Å². The second-order valence-electron chi connectivity index (χ2n) is 7.31. The number of hydrogen-bond acceptors (Lipinski definition) is 2. The first-order valence-electron chi connectivity index (χ1n) is 7.42. The zero-order chi connectivity index (χ0) is 13.1. The maximum Gasteiger partial charge on any atom is 0.158 e. The second kappa shape index (κ2) is 3.83. The molecule has 1 N–H and O–H groups in total. The Morgan fingerprint density at radius 1 is 1.22 bits per heavy atom. The van der Waals surface area contributed by atoms with Gasteiger partial charge in [0.05, 0.1) is 6.10 Å². The molecule has 2 heteroatoms. The van der Waals surface area contributed by atoms with Gasteiger partial charge < -0.3 is 9.84 Å². The summed E-state index contributed by atoms with van der Waals surface area (Å²) in [5.41, 5.74) is 3.52. The molecule has 0 spiro atoms. The molecule has 1 saturated heterocycles. The summed E-state index contributed by atoms with van der Waals surface area (Å²) in [4.78, 5) is 0. The molecular formula is C16H26O2. The molecule has 102 valence electrons. The monoisotopic (exact) mass is 250 g/mol. The molecule has 18 heavy (non-hydrogen) atoms. The molecule has 3 aliphatic rings. The van der Waals surface area contributed by atoms with E-state index in [1.165, 1.54) is 43.3 Å². The summed E-state index contributed by atoms with van der Waals surface area (Å²) in [6.07, 6.45) is 5.83. The third-order valence-electron chi connectivity index (χ3n) is 6.21. The molecule has 1 saturated carbocycles. The van der Waals surface area contributed by atoms with Crippen LogP contribution in [-0.4, -0.2) is 17.5 Å². The van der Waals surface area contributed by atoms with Crippen molar-refractivity contribution in [3.8, 4) is 0 Å². The van der Waals surface area contributed by atoms with Gasteiger partial charge in [0.2, 0.25) is 0 Å². The highest BCUT2D eigenvalue weighted by Gasteiger charge is 2.58. The second-order valence-corrected chi connectivity index (χ2v) is 7.31. The van der Waals surface area contributed by atoms with Gasteiger partial charge in [0.1, 0.15) is 0 Å². The van der Waals surface area contributed by atoms with Gasteiger partial charge >= 0.3 is 0 Å². The van der Waals surface area contributed by atoms with Gasteiger partial charge in [0.15, 0.2) is 6.29 Å². The number of aliphatic hydroxyl groups excluding tert-OH is 1. The topological polar surface area (TPSA) is 29.5 Å². The van der Waals surface area contributed by atoms with Crippen LogP contribution in [0.2, 0.25) is 0 Å². The lowest BCUT2D eigenvalue weighted by Crippen LogP contribution is -2.46. The summed E-state index contributed by atoms with van der Waals surface area (Å²) in [5, 5.41) is 10.1. The van der Waals surface area contributed by atoms with E-state index >= 15 is 0 Å². The quantitative estimate of drug-likeness (QED) is 0.665. The van der Waals surface area contributed by atoms with Crippen molar-refractivity contribution in [3.63, 3.8) is 0 Å². The average molecular weight is 250 g/mol. The van der Waals surface area contributed by atoms with E-state index in [1.807, 2.05) is 0 Å². The minimum absolute atomic E-state index is 0.132. The predicted octanol–water partition coefficient (Wildman–Crippen LogP) is 3.65.